The Labute approximate surface area is 112 Å². The van der Waals surface area contributed by atoms with Crippen LogP contribution in [0.25, 0.3) is 0 Å². The van der Waals surface area contributed by atoms with Crippen molar-refractivity contribution in [3.05, 3.63) is 30.1 Å². The van der Waals surface area contributed by atoms with Gasteiger partial charge >= 0.3 is 0 Å². The van der Waals surface area contributed by atoms with Crippen molar-refractivity contribution in [2.45, 2.75) is 20.4 Å². The number of carbonyl (C=O) groups excluding carboxylic acids is 1. The van der Waals surface area contributed by atoms with Crippen LogP contribution >= 0.6 is 0 Å². The van der Waals surface area contributed by atoms with Gasteiger partial charge in [0.15, 0.2) is 5.84 Å². The van der Waals surface area contributed by atoms with Crippen molar-refractivity contribution in [3.63, 3.8) is 0 Å². The Kier molecular flexibility index (Phi) is 5.29. The third-order valence-corrected chi connectivity index (χ3v) is 2.89. The van der Waals surface area contributed by atoms with Gasteiger partial charge < -0.3 is 15.8 Å². The second kappa shape index (κ2) is 6.72. The Morgan fingerprint density at radius 1 is 1.58 bits per heavy atom. The van der Waals surface area contributed by atoms with E-state index in [9.17, 15) is 4.79 Å². The molecule has 1 aromatic rings. The number of aromatic nitrogens is 1. The lowest BCUT2D eigenvalue weighted by atomic mass is 9.93. The number of pyridine rings is 1. The molecule has 0 radical (unpaired) electrons. The predicted molar refractivity (Wildman–Crippen MR) is 72.4 cm³/mol. The molecule has 0 aliphatic rings. The predicted octanol–water partition coefficient (Wildman–Crippen LogP) is 1.06. The van der Waals surface area contributed by atoms with Crippen LogP contribution in [0.3, 0.4) is 0 Å². The summed E-state index contributed by atoms with van der Waals surface area (Å²) >= 11 is 0. The zero-order chi connectivity index (χ0) is 14.4. The summed E-state index contributed by atoms with van der Waals surface area (Å²) in [4.78, 5) is 17.9. The van der Waals surface area contributed by atoms with Crippen molar-refractivity contribution in [1.29, 1.82) is 0 Å². The normalized spacial score (nSPS) is 13.4. The van der Waals surface area contributed by atoms with E-state index < -0.39 is 5.92 Å². The van der Waals surface area contributed by atoms with E-state index in [2.05, 4.69) is 10.1 Å². The summed E-state index contributed by atoms with van der Waals surface area (Å²) in [6.07, 6.45) is 3.39. The molecule has 0 aliphatic heterocycles. The molecule has 0 aromatic carbocycles. The van der Waals surface area contributed by atoms with E-state index in [1.54, 1.807) is 24.3 Å². The van der Waals surface area contributed by atoms with Crippen molar-refractivity contribution >= 4 is 11.7 Å². The van der Waals surface area contributed by atoms with Gasteiger partial charge in [0.2, 0.25) is 5.91 Å². The largest absolute Gasteiger partial charge is 0.409 e. The molecule has 104 valence electrons. The molecule has 0 spiro atoms. The first kappa shape index (κ1) is 14.9. The maximum atomic E-state index is 12.3. The molecule has 1 unspecified atom stereocenters. The Morgan fingerprint density at radius 3 is 2.74 bits per heavy atom. The number of hydrogen-bond acceptors (Lipinski definition) is 4. The second-order valence-electron chi connectivity index (χ2n) is 4.80. The van der Waals surface area contributed by atoms with Gasteiger partial charge in [-0.3, -0.25) is 9.78 Å². The van der Waals surface area contributed by atoms with Gasteiger partial charge in [0.25, 0.3) is 0 Å². The average Bonchev–Trinajstić information content (AvgIpc) is 2.39. The third kappa shape index (κ3) is 3.94. The molecule has 1 heterocycles. The minimum atomic E-state index is -0.619. The van der Waals surface area contributed by atoms with E-state index in [4.69, 9.17) is 10.9 Å². The molecule has 6 heteroatoms. The van der Waals surface area contributed by atoms with Crippen molar-refractivity contribution in [2.24, 2.45) is 22.7 Å². The van der Waals surface area contributed by atoms with E-state index >= 15 is 0 Å². The fraction of sp³-hybridized carbons (Fsp3) is 0.462. The summed E-state index contributed by atoms with van der Waals surface area (Å²) < 4.78 is 0. The highest BCUT2D eigenvalue weighted by atomic mass is 16.4. The van der Waals surface area contributed by atoms with Crippen molar-refractivity contribution in [2.75, 3.05) is 7.05 Å². The van der Waals surface area contributed by atoms with Gasteiger partial charge in [-0.1, -0.05) is 25.1 Å². The highest BCUT2D eigenvalue weighted by Crippen LogP contribution is 2.15. The minimum Gasteiger partial charge on any atom is -0.409 e. The first-order valence-electron chi connectivity index (χ1n) is 6.08. The molecule has 0 aliphatic carbocycles. The summed E-state index contributed by atoms with van der Waals surface area (Å²) in [5.41, 5.74) is 6.52. The summed E-state index contributed by atoms with van der Waals surface area (Å²) in [6, 6.07) is 3.71. The topological polar surface area (TPSA) is 91.8 Å². The van der Waals surface area contributed by atoms with Crippen LogP contribution in [0, 0.1) is 11.8 Å². The molecule has 19 heavy (non-hydrogen) atoms. The van der Waals surface area contributed by atoms with E-state index in [0.29, 0.717) is 6.54 Å². The summed E-state index contributed by atoms with van der Waals surface area (Å²) in [6.45, 7) is 4.16. The van der Waals surface area contributed by atoms with E-state index in [1.165, 1.54) is 0 Å². The van der Waals surface area contributed by atoms with Gasteiger partial charge in [0, 0.05) is 26.0 Å². The number of carbonyl (C=O) groups is 1. The molecule has 6 nitrogen and oxygen atoms in total. The monoisotopic (exact) mass is 264 g/mol. The smallest absolute Gasteiger partial charge is 0.233 e. The lowest BCUT2D eigenvalue weighted by molar-refractivity contribution is -0.133. The lowest BCUT2D eigenvalue weighted by Crippen LogP contribution is -2.42. The zero-order valence-corrected chi connectivity index (χ0v) is 11.4. The number of nitrogens with zero attached hydrogens (tertiary/aromatic N) is 3. The van der Waals surface area contributed by atoms with Crippen LogP contribution < -0.4 is 5.73 Å². The van der Waals surface area contributed by atoms with Gasteiger partial charge in [0.1, 0.15) is 5.92 Å². The van der Waals surface area contributed by atoms with Crippen LogP contribution in [-0.4, -0.2) is 33.9 Å². The van der Waals surface area contributed by atoms with Gasteiger partial charge in [0.05, 0.1) is 0 Å². The first-order valence-corrected chi connectivity index (χ1v) is 6.08. The standard InChI is InChI=1S/C13H20N4O2/c1-9(2)11(12(14)16-19)13(18)17(3)8-10-5-4-6-15-7-10/h4-7,9,11,19H,8H2,1-3H3,(H2,14,16). The van der Waals surface area contributed by atoms with E-state index in [1.807, 2.05) is 26.0 Å². The van der Waals surface area contributed by atoms with E-state index in [-0.39, 0.29) is 17.7 Å². The Balaban J connectivity index is 2.80. The maximum absolute atomic E-state index is 12.3. The molecular formula is C13H20N4O2. The fourth-order valence-corrected chi connectivity index (χ4v) is 1.90. The van der Waals surface area contributed by atoms with Crippen LogP contribution in [-0.2, 0) is 11.3 Å². The summed E-state index contributed by atoms with van der Waals surface area (Å²) in [5.74, 6) is -0.890. The molecule has 3 N–H and O–H groups in total. The van der Waals surface area contributed by atoms with Gasteiger partial charge in [-0.05, 0) is 17.5 Å². The molecule has 0 saturated heterocycles. The molecule has 0 fully saturated rings. The molecule has 0 bridgehead atoms. The second-order valence-corrected chi connectivity index (χ2v) is 4.80. The fourth-order valence-electron chi connectivity index (χ4n) is 1.90. The summed E-state index contributed by atoms with van der Waals surface area (Å²) in [5, 5.41) is 11.7. The quantitative estimate of drug-likeness (QED) is 0.360. The average molecular weight is 264 g/mol. The highest BCUT2D eigenvalue weighted by Gasteiger charge is 2.29. The molecular weight excluding hydrogens is 244 g/mol. The number of hydrogen-bond donors (Lipinski definition) is 2. The Hall–Kier alpha value is -2.11. The minimum absolute atomic E-state index is 0.0419. The molecule has 1 aromatic heterocycles. The van der Waals surface area contributed by atoms with Crippen molar-refractivity contribution < 1.29 is 10.0 Å². The zero-order valence-electron chi connectivity index (χ0n) is 11.4. The summed E-state index contributed by atoms with van der Waals surface area (Å²) in [7, 11) is 1.69. The third-order valence-electron chi connectivity index (χ3n) is 2.89. The molecule has 0 saturated carbocycles. The number of amidine groups is 1. The Bertz CT molecular complexity index is 445. The van der Waals surface area contributed by atoms with Crippen LogP contribution in [0.2, 0.25) is 0 Å². The number of oxime groups is 1. The molecule has 1 atom stereocenters. The highest BCUT2D eigenvalue weighted by molar-refractivity contribution is 6.02. The molecule has 1 rings (SSSR count). The van der Waals surface area contributed by atoms with Crippen LogP contribution in [0.1, 0.15) is 19.4 Å². The maximum Gasteiger partial charge on any atom is 0.233 e. The van der Waals surface area contributed by atoms with E-state index in [0.717, 1.165) is 5.56 Å². The van der Waals surface area contributed by atoms with Crippen molar-refractivity contribution in [3.8, 4) is 0 Å². The van der Waals surface area contributed by atoms with Gasteiger partial charge in [-0.25, -0.2) is 0 Å². The number of nitrogens with two attached hydrogens (primary N) is 1. The van der Waals surface area contributed by atoms with Crippen LogP contribution in [0.5, 0.6) is 0 Å². The number of amides is 1. The van der Waals surface area contributed by atoms with Gasteiger partial charge in [-0.15, -0.1) is 0 Å². The van der Waals surface area contributed by atoms with Crippen LogP contribution in [0.15, 0.2) is 29.7 Å². The molecule has 1 amide bonds. The first-order chi connectivity index (χ1) is 8.97. The van der Waals surface area contributed by atoms with Crippen LogP contribution in [0.4, 0.5) is 0 Å². The number of rotatable bonds is 5. The SMILES string of the molecule is CC(C)C(C(=O)N(C)Cc1cccnc1)C(N)=NO. The Morgan fingerprint density at radius 2 is 2.26 bits per heavy atom. The van der Waals surface area contributed by atoms with Crippen molar-refractivity contribution in [1.82, 2.24) is 9.88 Å². The van der Waals surface area contributed by atoms with Gasteiger partial charge in [-0.2, -0.15) is 0 Å². The lowest BCUT2D eigenvalue weighted by Gasteiger charge is -2.25.